The van der Waals surface area contributed by atoms with Gasteiger partial charge in [-0.05, 0) is 11.1 Å². The SMILES string of the molecule is O=C(OC(c1ccccc1)c1ccccc1)C(=CO)c1cscn1. The third-order valence-electron chi connectivity index (χ3n) is 3.49. The number of thiazole rings is 1. The van der Waals surface area contributed by atoms with E-state index in [2.05, 4.69) is 4.98 Å². The summed E-state index contributed by atoms with van der Waals surface area (Å²) < 4.78 is 5.70. The summed E-state index contributed by atoms with van der Waals surface area (Å²) >= 11 is 1.34. The average Bonchev–Trinajstić information content (AvgIpc) is 3.16. The maximum Gasteiger partial charge on any atom is 0.344 e. The molecule has 0 atom stereocenters. The highest BCUT2D eigenvalue weighted by molar-refractivity contribution is 7.07. The van der Waals surface area contributed by atoms with Crippen LogP contribution in [0.1, 0.15) is 22.9 Å². The van der Waals surface area contributed by atoms with Gasteiger partial charge < -0.3 is 9.84 Å². The van der Waals surface area contributed by atoms with Gasteiger partial charge in [-0.25, -0.2) is 9.78 Å². The van der Waals surface area contributed by atoms with E-state index in [1.807, 2.05) is 60.7 Å². The number of benzene rings is 2. The molecule has 0 saturated heterocycles. The molecule has 2 aromatic carbocycles. The van der Waals surface area contributed by atoms with Crippen molar-refractivity contribution in [2.45, 2.75) is 6.10 Å². The number of hydrogen-bond donors (Lipinski definition) is 1. The van der Waals surface area contributed by atoms with Crippen molar-refractivity contribution in [2.24, 2.45) is 0 Å². The van der Waals surface area contributed by atoms with Crippen LogP contribution in [0, 0.1) is 0 Å². The molecule has 0 aliphatic carbocycles. The Balaban J connectivity index is 1.91. The number of aliphatic hydroxyl groups excluding tert-OH is 1. The number of esters is 1. The molecule has 0 amide bonds. The van der Waals surface area contributed by atoms with E-state index < -0.39 is 12.1 Å². The van der Waals surface area contributed by atoms with Gasteiger partial charge in [-0.15, -0.1) is 11.3 Å². The fourth-order valence-electron chi connectivity index (χ4n) is 2.32. The van der Waals surface area contributed by atoms with E-state index in [9.17, 15) is 9.90 Å². The van der Waals surface area contributed by atoms with Crippen LogP contribution < -0.4 is 0 Å². The summed E-state index contributed by atoms with van der Waals surface area (Å²) in [5, 5.41) is 11.1. The molecule has 5 heteroatoms. The Morgan fingerprint density at radius 3 is 2.08 bits per heavy atom. The first-order valence-corrected chi connectivity index (χ1v) is 8.27. The second-order valence-corrected chi connectivity index (χ2v) is 5.74. The lowest BCUT2D eigenvalue weighted by Crippen LogP contribution is -2.14. The van der Waals surface area contributed by atoms with Crippen LogP contribution in [0.5, 0.6) is 0 Å². The van der Waals surface area contributed by atoms with Gasteiger partial charge in [0.2, 0.25) is 0 Å². The van der Waals surface area contributed by atoms with Crippen molar-refractivity contribution in [1.82, 2.24) is 4.98 Å². The number of aliphatic hydroxyl groups is 1. The summed E-state index contributed by atoms with van der Waals surface area (Å²) in [5.41, 5.74) is 3.73. The fraction of sp³-hybridized carbons (Fsp3) is 0.0526. The van der Waals surface area contributed by atoms with E-state index in [1.54, 1.807) is 10.9 Å². The predicted molar refractivity (Wildman–Crippen MR) is 93.5 cm³/mol. The van der Waals surface area contributed by atoms with Crippen LogP contribution in [-0.2, 0) is 9.53 Å². The number of nitrogens with zero attached hydrogens (tertiary/aromatic N) is 1. The molecule has 0 bridgehead atoms. The van der Waals surface area contributed by atoms with Crippen LogP contribution in [0.3, 0.4) is 0 Å². The molecular formula is C19H15NO3S. The standard InChI is InChI=1S/C19H15NO3S/c21-11-16(17-12-24-13-20-17)19(22)23-18(14-7-3-1-4-8-14)15-9-5-2-6-10-15/h1-13,18,21H. The van der Waals surface area contributed by atoms with Gasteiger partial charge in [-0.1, -0.05) is 60.7 Å². The van der Waals surface area contributed by atoms with E-state index in [-0.39, 0.29) is 5.57 Å². The molecule has 0 aliphatic rings. The fourth-order valence-corrected chi connectivity index (χ4v) is 2.88. The first kappa shape index (κ1) is 16.0. The minimum Gasteiger partial charge on any atom is -0.515 e. The highest BCUT2D eigenvalue weighted by atomic mass is 32.1. The van der Waals surface area contributed by atoms with Crippen molar-refractivity contribution >= 4 is 22.9 Å². The van der Waals surface area contributed by atoms with E-state index in [1.165, 1.54) is 11.3 Å². The molecule has 0 fully saturated rings. The van der Waals surface area contributed by atoms with Gasteiger partial charge in [0.15, 0.2) is 6.10 Å². The highest BCUT2D eigenvalue weighted by Gasteiger charge is 2.23. The van der Waals surface area contributed by atoms with Crippen LogP contribution in [-0.4, -0.2) is 16.1 Å². The normalized spacial score (nSPS) is 11.5. The molecule has 0 unspecified atom stereocenters. The monoisotopic (exact) mass is 337 g/mol. The molecule has 1 aromatic heterocycles. The zero-order chi connectivity index (χ0) is 16.8. The Bertz CT molecular complexity index is 775. The van der Waals surface area contributed by atoms with Crippen LogP contribution in [0.4, 0.5) is 0 Å². The maximum absolute atomic E-state index is 12.5. The van der Waals surface area contributed by atoms with E-state index in [0.29, 0.717) is 5.69 Å². The Labute approximate surface area is 143 Å². The Kier molecular flexibility index (Phi) is 5.03. The number of aromatic nitrogens is 1. The lowest BCUT2D eigenvalue weighted by Gasteiger charge is -2.19. The zero-order valence-corrected chi connectivity index (χ0v) is 13.5. The van der Waals surface area contributed by atoms with Crippen LogP contribution >= 0.6 is 11.3 Å². The van der Waals surface area contributed by atoms with Gasteiger partial charge in [-0.2, -0.15) is 0 Å². The van der Waals surface area contributed by atoms with E-state index in [0.717, 1.165) is 17.4 Å². The summed E-state index contributed by atoms with van der Waals surface area (Å²) in [6.45, 7) is 0. The van der Waals surface area contributed by atoms with Gasteiger partial charge >= 0.3 is 5.97 Å². The third-order valence-corrected chi connectivity index (χ3v) is 4.07. The molecular weight excluding hydrogens is 322 g/mol. The average molecular weight is 337 g/mol. The second kappa shape index (κ2) is 7.57. The number of carbonyl (C=O) groups is 1. The van der Waals surface area contributed by atoms with E-state index >= 15 is 0 Å². The van der Waals surface area contributed by atoms with Crippen molar-refractivity contribution in [3.63, 3.8) is 0 Å². The lowest BCUT2D eigenvalue weighted by atomic mass is 10.0. The number of rotatable bonds is 5. The maximum atomic E-state index is 12.5. The number of ether oxygens (including phenoxy) is 1. The Morgan fingerprint density at radius 2 is 1.62 bits per heavy atom. The topological polar surface area (TPSA) is 59.4 Å². The smallest absolute Gasteiger partial charge is 0.344 e. The molecule has 0 radical (unpaired) electrons. The molecule has 0 saturated carbocycles. The minimum atomic E-state index is -0.624. The first-order chi connectivity index (χ1) is 11.8. The van der Waals surface area contributed by atoms with Gasteiger partial charge in [0.1, 0.15) is 5.57 Å². The zero-order valence-electron chi connectivity index (χ0n) is 12.7. The van der Waals surface area contributed by atoms with Crippen molar-refractivity contribution in [1.29, 1.82) is 0 Å². The van der Waals surface area contributed by atoms with Crippen LogP contribution in [0.15, 0.2) is 77.8 Å². The molecule has 24 heavy (non-hydrogen) atoms. The van der Waals surface area contributed by atoms with Gasteiger partial charge in [0, 0.05) is 5.38 Å². The summed E-state index contributed by atoms with van der Waals surface area (Å²) in [4.78, 5) is 16.6. The third kappa shape index (κ3) is 3.52. The molecule has 4 nitrogen and oxygen atoms in total. The quantitative estimate of drug-likeness (QED) is 0.426. The summed E-state index contributed by atoms with van der Waals surface area (Å²) in [6.07, 6.45) is 0.179. The molecule has 0 spiro atoms. The van der Waals surface area contributed by atoms with Crippen molar-refractivity contribution in [2.75, 3.05) is 0 Å². The molecule has 3 rings (SSSR count). The molecule has 0 aliphatic heterocycles. The largest absolute Gasteiger partial charge is 0.515 e. The van der Waals surface area contributed by atoms with Crippen molar-refractivity contribution < 1.29 is 14.6 Å². The summed E-state index contributed by atoms with van der Waals surface area (Å²) in [7, 11) is 0. The van der Waals surface area contributed by atoms with Crippen LogP contribution in [0.2, 0.25) is 0 Å². The molecule has 120 valence electrons. The predicted octanol–water partition coefficient (Wildman–Crippen LogP) is 4.37. The van der Waals surface area contributed by atoms with Crippen molar-refractivity contribution in [3.8, 4) is 0 Å². The van der Waals surface area contributed by atoms with Gasteiger partial charge in [0.05, 0.1) is 17.5 Å². The number of hydrogen-bond acceptors (Lipinski definition) is 5. The molecule has 1 heterocycles. The molecule has 3 aromatic rings. The summed E-state index contributed by atoms with van der Waals surface area (Å²) in [6, 6.07) is 19.0. The number of carbonyl (C=O) groups excluding carboxylic acids is 1. The van der Waals surface area contributed by atoms with Crippen molar-refractivity contribution in [3.05, 3.63) is 94.6 Å². The Morgan fingerprint density at radius 1 is 1.04 bits per heavy atom. The lowest BCUT2D eigenvalue weighted by molar-refractivity contribution is -0.140. The summed E-state index contributed by atoms with van der Waals surface area (Å²) in [5.74, 6) is -0.624. The first-order valence-electron chi connectivity index (χ1n) is 7.33. The second-order valence-electron chi connectivity index (χ2n) is 5.02. The van der Waals surface area contributed by atoms with Crippen LogP contribution in [0.25, 0.3) is 5.57 Å². The Hall–Kier alpha value is -2.92. The highest BCUT2D eigenvalue weighted by Crippen LogP contribution is 2.28. The van der Waals surface area contributed by atoms with E-state index in [4.69, 9.17) is 4.74 Å². The minimum absolute atomic E-state index is 0.0353. The van der Waals surface area contributed by atoms with Gasteiger partial charge in [-0.3, -0.25) is 0 Å². The van der Waals surface area contributed by atoms with Gasteiger partial charge in [0.25, 0.3) is 0 Å². The molecule has 1 N–H and O–H groups in total.